The maximum atomic E-state index is 14.3. The Hall–Kier alpha value is -3.71. The number of nitrogen functional groups attached to an aromatic ring is 1. The number of anilines is 3. The molecule has 4 aromatic rings. The summed E-state index contributed by atoms with van der Waals surface area (Å²) in [5, 5.41) is 10.9. The number of aromatic amines is 1. The number of halogens is 1. The van der Waals surface area contributed by atoms with Crippen molar-refractivity contribution >= 4 is 40.0 Å². The third-order valence-electron chi connectivity index (χ3n) is 5.10. The zero-order chi connectivity index (χ0) is 20.7. The molecule has 1 saturated heterocycles. The fraction of sp³-hybridized carbons (Fsp3) is 0.200. The summed E-state index contributed by atoms with van der Waals surface area (Å²) in [5.41, 5.74) is 8.10. The van der Waals surface area contributed by atoms with Crippen molar-refractivity contribution < 1.29 is 4.39 Å². The molecule has 0 radical (unpaired) electrons. The number of nitrogens with two attached hydrogens (primary N) is 1. The lowest BCUT2D eigenvalue weighted by Gasteiger charge is -2.36. The van der Waals surface area contributed by atoms with Crippen LogP contribution in [0.5, 0.6) is 0 Å². The van der Waals surface area contributed by atoms with Crippen LogP contribution in [0.3, 0.4) is 0 Å². The summed E-state index contributed by atoms with van der Waals surface area (Å²) in [4.78, 5) is 21.8. The molecule has 4 heterocycles. The first-order chi connectivity index (χ1) is 14.6. The average molecular weight is 420 g/mol. The Morgan fingerprint density at radius 3 is 2.60 bits per heavy atom. The van der Waals surface area contributed by atoms with Crippen molar-refractivity contribution in [3.63, 3.8) is 0 Å². The summed E-state index contributed by atoms with van der Waals surface area (Å²) in [7, 11) is 0. The van der Waals surface area contributed by atoms with E-state index in [0.29, 0.717) is 66.2 Å². The Balaban J connectivity index is 1.36. The van der Waals surface area contributed by atoms with Crippen LogP contribution in [0.4, 0.5) is 21.8 Å². The molecule has 1 aliphatic rings. The minimum absolute atomic E-state index is 0.317. The number of aromatic nitrogens is 4. The van der Waals surface area contributed by atoms with Crippen LogP contribution in [-0.2, 0) is 0 Å². The summed E-state index contributed by atoms with van der Waals surface area (Å²) in [6.45, 7) is 2.57. The maximum Gasteiger partial charge on any atom is 0.205 e. The van der Waals surface area contributed by atoms with Crippen LogP contribution in [0.2, 0.25) is 0 Å². The van der Waals surface area contributed by atoms with Crippen LogP contribution >= 0.6 is 11.3 Å². The van der Waals surface area contributed by atoms with Crippen LogP contribution in [0.1, 0.15) is 5.56 Å². The van der Waals surface area contributed by atoms with Crippen molar-refractivity contribution in [2.45, 2.75) is 0 Å². The standard InChI is InChI=1S/C20H17FN8S/c21-13-10-12(11-22)3-4-14(13)28-5-7-29(8-6-28)20-24-16-17(23)25-18(26-19(16)27-20)15-2-1-9-30-15/h1-4,9-10H,5-8H2,(H3,23,24,25,26,27). The van der Waals surface area contributed by atoms with E-state index in [2.05, 4.69) is 24.8 Å². The van der Waals surface area contributed by atoms with E-state index in [0.717, 1.165) is 4.88 Å². The fourth-order valence-electron chi connectivity index (χ4n) is 3.57. The van der Waals surface area contributed by atoms with E-state index in [9.17, 15) is 4.39 Å². The number of thiophene rings is 1. The van der Waals surface area contributed by atoms with Crippen LogP contribution in [-0.4, -0.2) is 46.1 Å². The lowest BCUT2D eigenvalue weighted by atomic mass is 10.2. The van der Waals surface area contributed by atoms with Crippen LogP contribution < -0.4 is 15.5 Å². The van der Waals surface area contributed by atoms with Crippen molar-refractivity contribution in [1.82, 2.24) is 19.9 Å². The van der Waals surface area contributed by atoms with Crippen molar-refractivity contribution in [3.8, 4) is 16.8 Å². The Labute approximate surface area is 175 Å². The van der Waals surface area contributed by atoms with Gasteiger partial charge >= 0.3 is 0 Å². The van der Waals surface area contributed by atoms with Crippen LogP contribution in [0.15, 0.2) is 35.7 Å². The zero-order valence-electron chi connectivity index (χ0n) is 15.8. The van der Waals surface area contributed by atoms with E-state index in [4.69, 9.17) is 11.0 Å². The summed E-state index contributed by atoms with van der Waals surface area (Å²) in [5.74, 6) is 1.21. The Bertz CT molecular complexity index is 1250. The van der Waals surface area contributed by atoms with Crippen LogP contribution in [0.25, 0.3) is 21.9 Å². The number of fused-ring (bicyclic) bond motifs is 1. The van der Waals surface area contributed by atoms with Gasteiger partial charge in [0.2, 0.25) is 5.95 Å². The van der Waals surface area contributed by atoms with Crippen LogP contribution in [0, 0.1) is 17.1 Å². The largest absolute Gasteiger partial charge is 0.382 e. The second-order valence-electron chi connectivity index (χ2n) is 6.92. The summed E-state index contributed by atoms with van der Waals surface area (Å²) in [6.07, 6.45) is 0. The smallest absolute Gasteiger partial charge is 0.205 e. The van der Waals surface area contributed by atoms with Gasteiger partial charge in [-0.15, -0.1) is 11.3 Å². The number of hydrogen-bond donors (Lipinski definition) is 2. The molecule has 10 heteroatoms. The Kier molecular flexibility index (Phi) is 4.44. The molecule has 8 nitrogen and oxygen atoms in total. The normalized spacial score (nSPS) is 14.3. The minimum Gasteiger partial charge on any atom is -0.382 e. The first-order valence-electron chi connectivity index (χ1n) is 9.39. The predicted octanol–water partition coefficient (Wildman–Crippen LogP) is 3.00. The minimum atomic E-state index is -0.379. The molecule has 0 bridgehead atoms. The van der Waals surface area contributed by atoms with Crippen molar-refractivity contribution in [2.24, 2.45) is 0 Å². The third kappa shape index (κ3) is 3.19. The highest BCUT2D eigenvalue weighted by Gasteiger charge is 2.23. The number of nitriles is 1. The number of piperazine rings is 1. The number of imidazole rings is 1. The molecule has 3 aromatic heterocycles. The quantitative estimate of drug-likeness (QED) is 0.524. The van der Waals surface area contributed by atoms with Gasteiger partial charge in [0.15, 0.2) is 22.8 Å². The molecule has 1 fully saturated rings. The monoisotopic (exact) mass is 420 g/mol. The molecule has 0 atom stereocenters. The Morgan fingerprint density at radius 1 is 1.10 bits per heavy atom. The van der Waals surface area contributed by atoms with Gasteiger partial charge in [-0.2, -0.15) is 5.26 Å². The molecule has 5 rings (SSSR count). The zero-order valence-corrected chi connectivity index (χ0v) is 16.7. The van der Waals surface area contributed by atoms with Gasteiger partial charge in [-0.25, -0.2) is 19.3 Å². The van der Waals surface area contributed by atoms with Gasteiger partial charge in [0.25, 0.3) is 0 Å². The highest BCUT2D eigenvalue weighted by Crippen LogP contribution is 2.28. The SMILES string of the molecule is N#Cc1ccc(N2CCN(c3nc4c(N)nc(-c5cccs5)nc4[nH]3)CC2)c(F)c1. The summed E-state index contributed by atoms with van der Waals surface area (Å²) in [6, 6.07) is 10.4. The van der Waals surface area contributed by atoms with Gasteiger partial charge in [0, 0.05) is 26.2 Å². The van der Waals surface area contributed by atoms with Crippen molar-refractivity contribution in [2.75, 3.05) is 41.7 Å². The van der Waals surface area contributed by atoms with E-state index in [1.807, 2.05) is 28.5 Å². The molecule has 3 N–H and O–H groups in total. The molecule has 0 unspecified atom stereocenters. The summed E-state index contributed by atoms with van der Waals surface area (Å²) >= 11 is 1.55. The van der Waals surface area contributed by atoms with Crippen molar-refractivity contribution in [1.29, 1.82) is 5.26 Å². The van der Waals surface area contributed by atoms with Gasteiger partial charge in [-0.1, -0.05) is 6.07 Å². The fourth-order valence-corrected chi connectivity index (χ4v) is 4.22. The second kappa shape index (κ2) is 7.27. The average Bonchev–Trinajstić information content (AvgIpc) is 3.44. The van der Waals surface area contributed by atoms with E-state index < -0.39 is 0 Å². The molecule has 150 valence electrons. The lowest BCUT2D eigenvalue weighted by molar-refractivity contribution is 0.594. The topological polar surface area (TPSA) is 111 Å². The predicted molar refractivity (Wildman–Crippen MR) is 115 cm³/mol. The van der Waals surface area contributed by atoms with Gasteiger partial charge < -0.3 is 20.5 Å². The van der Waals surface area contributed by atoms with E-state index in [1.54, 1.807) is 23.5 Å². The molecule has 0 amide bonds. The molecule has 1 aromatic carbocycles. The van der Waals surface area contributed by atoms with Gasteiger partial charge in [0.1, 0.15) is 5.82 Å². The third-order valence-corrected chi connectivity index (χ3v) is 5.96. The lowest BCUT2D eigenvalue weighted by Crippen LogP contribution is -2.47. The first-order valence-corrected chi connectivity index (χ1v) is 10.3. The molecule has 0 aliphatic carbocycles. The molecule has 30 heavy (non-hydrogen) atoms. The highest BCUT2D eigenvalue weighted by molar-refractivity contribution is 7.13. The van der Waals surface area contributed by atoms with Gasteiger partial charge in [-0.3, -0.25) is 0 Å². The highest BCUT2D eigenvalue weighted by atomic mass is 32.1. The molecule has 0 saturated carbocycles. The number of nitrogens with zero attached hydrogens (tertiary/aromatic N) is 6. The van der Waals surface area contributed by atoms with Gasteiger partial charge in [-0.05, 0) is 29.6 Å². The number of nitrogens with one attached hydrogen (secondary N) is 1. The molecule has 0 spiro atoms. The molecular formula is C20H17FN8S. The second-order valence-corrected chi connectivity index (χ2v) is 7.87. The first kappa shape index (κ1) is 18.3. The number of benzene rings is 1. The molecule has 1 aliphatic heterocycles. The van der Waals surface area contributed by atoms with E-state index >= 15 is 0 Å². The number of H-pyrrole nitrogens is 1. The van der Waals surface area contributed by atoms with Crippen molar-refractivity contribution in [3.05, 3.63) is 47.1 Å². The Morgan fingerprint density at radius 2 is 1.90 bits per heavy atom. The maximum absolute atomic E-state index is 14.3. The molecular weight excluding hydrogens is 403 g/mol. The number of rotatable bonds is 3. The van der Waals surface area contributed by atoms with E-state index in [1.165, 1.54) is 6.07 Å². The summed E-state index contributed by atoms with van der Waals surface area (Å²) < 4.78 is 14.3. The van der Waals surface area contributed by atoms with E-state index in [-0.39, 0.29) is 5.82 Å². The van der Waals surface area contributed by atoms with Gasteiger partial charge in [0.05, 0.1) is 22.2 Å². The number of hydrogen-bond acceptors (Lipinski definition) is 8.